The Morgan fingerprint density at radius 3 is 3.00 bits per heavy atom. The number of hydrogen-bond donors (Lipinski definition) is 0. The number of hydrogen-bond acceptors (Lipinski definition) is 3. The van der Waals surface area contributed by atoms with Crippen LogP contribution in [0.3, 0.4) is 0 Å². The Morgan fingerprint density at radius 2 is 2.29 bits per heavy atom. The summed E-state index contributed by atoms with van der Waals surface area (Å²) >= 11 is 0. The van der Waals surface area contributed by atoms with Crippen molar-refractivity contribution in [2.45, 2.75) is 46.0 Å². The summed E-state index contributed by atoms with van der Waals surface area (Å²) in [6.07, 6.45) is 6.34. The van der Waals surface area contributed by atoms with Gasteiger partial charge in [0.1, 0.15) is 11.7 Å². The topological polar surface area (TPSA) is 43.4 Å². The van der Waals surface area contributed by atoms with Crippen molar-refractivity contribution in [2.75, 3.05) is 6.61 Å². The lowest BCUT2D eigenvalue weighted by Crippen LogP contribution is -2.29. The number of rotatable bonds is 2. The van der Waals surface area contributed by atoms with E-state index in [2.05, 4.69) is 13.0 Å². The Morgan fingerprint density at radius 1 is 1.53 bits per heavy atom. The van der Waals surface area contributed by atoms with Gasteiger partial charge in [0.05, 0.1) is 6.61 Å². The van der Waals surface area contributed by atoms with Crippen LogP contribution < -0.4 is 0 Å². The standard InChI is InChI=1S/C14H20O3/c1-3-17-13(16)11-9-14(2)8-4-5-10(14)6-7-12(11)15/h5,11H,3-4,6-9H2,1-2H3. The molecule has 0 radical (unpaired) electrons. The molecular weight excluding hydrogens is 216 g/mol. The average molecular weight is 236 g/mol. The Balaban J connectivity index is 2.19. The number of carbonyl (C=O) groups excluding carboxylic acids is 2. The van der Waals surface area contributed by atoms with Gasteiger partial charge in [-0.05, 0) is 38.0 Å². The van der Waals surface area contributed by atoms with Crippen molar-refractivity contribution in [1.29, 1.82) is 0 Å². The summed E-state index contributed by atoms with van der Waals surface area (Å²) in [5, 5.41) is 0. The first-order chi connectivity index (χ1) is 8.07. The molecule has 1 saturated carbocycles. The maximum atomic E-state index is 12.0. The molecule has 0 aromatic heterocycles. The van der Waals surface area contributed by atoms with Gasteiger partial charge < -0.3 is 4.74 Å². The lowest BCUT2D eigenvalue weighted by atomic mass is 9.76. The van der Waals surface area contributed by atoms with E-state index in [1.165, 1.54) is 5.57 Å². The first-order valence-electron chi connectivity index (χ1n) is 6.45. The second kappa shape index (κ2) is 4.63. The van der Waals surface area contributed by atoms with Crippen LogP contribution >= 0.6 is 0 Å². The molecule has 0 spiro atoms. The monoisotopic (exact) mass is 236 g/mol. The summed E-state index contributed by atoms with van der Waals surface area (Å²) in [6.45, 7) is 4.31. The minimum absolute atomic E-state index is 0.0452. The predicted molar refractivity (Wildman–Crippen MR) is 64.4 cm³/mol. The zero-order chi connectivity index (χ0) is 12.5. The number of Topliss-reactive ketones (excluding diaryl/α,β-unsaturated/α-hetero) is 1. The average Bonchev–Trinajstić information content (AvgIpc) is 2.59. The summed E-state index contributed by atoms with van der Waals surface area (Å²) in [5.74, 6) is -0.809. The molecule has 0 bridgehead atoms. The Hall–Kier alpha value is -1.12. The molecule has 94 valence electrons. The molecule has 1 fully saturated rings. The van der Waals surface area contributed by atoms with Gasteiger partial charge >= 0.3 is 5.97 Å². The predicted octanol–water partition coefficient (Wildman–Crippen LogP) is 2.65. The van der Waals surface area contributed by atoms with Gasteiger partial charge in [0.25, 0.3) is 0 Å². The fourth-order valence-electron chi connectivity index (χ4n) is 3.06. The molecule has 0 aromatic carbocycles. The SMILES string of the molecule is CCOC(=O)C1CC2(C)CCC=C2CCC1=O. The molecule has 2 aliphatic rings. The van der Waals surface area contributed by atoms with E-state index in [0.717, 1.165) is 19.3 Å². The van der Waals surface area contributed by atoms with Crippen LogP contribution in [0.4, 0.5) is 0 Å². The molecule has 3 nitrogen and oxygen atoms in total. The van der Waals surface area contributed by atoms with Crippen molar-refractivity contribution in [3.63, 3.8) is 0 Å². The smallest absolute Gasteiger partial charge is 0.316 e. The van der Waals surface area contributed by atoms with Crippen molar-refractivity contribution in [3.8, 4) is 0 Å². The van der Waals surface area contributed by atoms with E-state index in [1.807, 2.05) is 0 Å². The molecule has 3 heteroatoms. The van der Waals surface area contributed by atoms with Crippen LogP contribution in [0.25, 0.3) is 0 Å². The molecule has 17 heavy (non-hydrogen) atoms. The summed E-state index contributed by atoms with van der Waals surface area (Å²) in [4.78, 5) is 23.8. The highest BCUT2D eigenvalue weighted by atomic mass is 16.5. The third-order valence-electron chi connectivity index (χ3n) is 4.12. The fourth-order valence-corrected chi connectivity index (χ4v) is 3.06. The molecule has 2 unspecified atom stereocenters. The highest BCUT2D eigenvalue weighted by Gasteiger charge is 2.42. The van der Waals surface area contributed by atoms with Crippen molar-refractivity contribution in [1.82, 2.24) is 0 Å². The van der Waals surface area contributed by atoms with Gasteiger partial charge in [-0.25, -0.2) is 0 Å². The Labute approximate surface area is 102 Å². The lowest BCUT2D eigenvalue weighted by molar-refractivity contribution is -0.152. The Bertz CT molecular complexity index is 370. The van der Waals surface area contributed by atoms with E-state index in [0.29, 0.717) is 19.4 Å². The first kappa shape index (κ1) is 12.3. The molecule has 0 saturated heterocycles. The van der Waals surface area contributed by atoms with E-state index in [9.17, 15) is 9.59 Å². The third-order valence-corrected chi connectivity index (χ3v) is 4.12. The molecule has 0 heterocycles. The van der Waals surface area contributed by atoms with Crippen LogP contribution in [-0.2, 0) is 14.3 Å². The number of ketones is 1. The lowest BCUT2D eigenvalue weighted by Gasteiger charge is -2.28. The van der Waals surface area contributed by atoms with Gasteiger partial charge in [-0.3, -0.25) is 9.59 Å². The fraction of sp³-hybridized carbons (Fsp3) is 0.714. The van der Waals surface area contributed by atoms with Crippen molar-refractivity contribution < 1.29 is 14.3 Å². The third kappa shape index (κ3) is 2.28. The van der Waals surface area contributed by atoms with E-state index >= 15 is 0 Å². The van der Waals surface area contributed by atoms with Gasteiger partial charge in [-0.15, -0.1) is 0 Å². The van der Waals surface area contributed by atoms with Gasteiger partial charge in [-0.2, -0.15) is 0 Å². The second-order valence-corrected chi connectivity index (χ2v) is 5.30. The van der Waals surface area contributed by atoms with Crippen LogP contribution in [0.5, 0.6) is 0 Å². The maximum Gasteiger partial charge on any atom is 0.316 e. The number of ether oxygens (including phenoxy) is 1. The van der Waals surface area contributed by atoms with Gasteiger partial charge in [0, 0.05) is 6.42 Å². The number of fused-ring (bicyclic) bond motifs is 1. The van der Waals surface area contributed by atoms with Gasteiger partial charge in [0.15, 0.2) is 0 Å². The van der Waals surface area contributed by atoms with Crippen LogP contribution in [0.2, 0.25) is 0 Å². The minimum atomic E-state index is -0.538. The van der Waals surface area contributed by atoms with E-state index in [4.69, 9.17) is 4.74 Å². The highest BCUT2D eigenvalue weighted by Crippen LogP contribution is 2.48. The summed E-state index contributed by atoms with van der Waals surface area (Å²) in [7, 11) is 0. The normalized spacial score (nSPS) is 32.7. The van der Waals surface area contributed by atoms with Crippen molar-refractivity contribution in [3.05, 3.63) is 11.6 Å². The maximum absolute atomic E-state index is 12.0. The van der Waals surface area contributed by atoms with Crippen LogP contribution in [0, 0.1) is 11.3 Å². The molecule has 2 atom stereocenters. The van der Waals surface area contributed by atoms with Crippen LogP contribution in [0.1, 0.15) is 46.0 Å². The summed E-state index contributed by atoms with van der Waals surface area (Å²) in [5.41, 5.74) is 1.42. The van der Waals surface area contributed by atoms with Crippen LogP contribution in [0.15, 0.2) is 11.6 Å². The Kier molecular flexibility index (Phi) is 3.36. The zero-order valence-electron chi connectivity index (χ0n) is 10.6. The summed E-state index contributed by atoms with van der Waals surface area (Å²) in [6, 6.07) is 0. The zero-order valence-corrected chi connectivity index (χ0v) is 10.6. The quantitative estimate of drug-likeness (QED) is 0.420. The van der Waals surface area contributed by atoms with Gasteiger partial charge in [0.2, 0.25) is 0 Å². The van der Waals surface area contributed by atoms with Crippen molar-refractivity contribution >= 4 is 11.8 Å². The minimum Gasteiger partial charge on any atom is -0.465 e. The number of allylic oxidation sites excluding steroid dienone is 2. The van der Waals surface area contributed by atoms with Crippen molar-refractivity contribution in [2.24, 2.45) is 11.3 Å². The molecule has 0 aromatic rings. The molecule has 0 amide bonds. The molecule has 0 N–H and O–H groups in total. The first-order valence-corrected chi connectivity index (χ1v) is 6.45. The van der Waals surface area contributed by atoms with E-state index < -0.39 is 5.92 Å². The number of esters is 1. The molecule has 2 aliphatic carbocycles. The molecular formula is C14H20O3. The largest absolute Gasteiger partial charge is 0.465 e. The van der Waals surface area contributed by atoms with E-state index in [1.54, 1.807) is 6.92 Å². The highest BCUT2D eigenvalue weighted by molar-refractivity contribution is 5.99. The summed E-state index contributed by atoms with van der Waals surface area (Å²) < 4.78 is 5.02. The molecule has 0 aliphatic heterocycles. The van der Waals surface area contributed by atoms with Gasteiger partial charge in [-0.1, -0.05) is 18.6 Å². The second-order valence-electron chi connectivity index (χ2n) is 5.30. The number of carbonyl (C=O) groups is 2. The molecule has 2 rings (SSSR count). The van der Waals surface area contributed by atoms with Crippen LogP contribution in [-0.4, -0.2) is 18.4 Å². The van der Waals surface area contributed by atoms with E-state index in [-0.39, 0.29) is 17.2 Å².